The van der Waals surface area contributed by atoms with Crippen molar-refractivity contribution in [2.45, 2.75) is 52.4 Å². The molecule has 174 valence electrons. The van der Waals surface area contributed by atoms with Crippen LogP contribution in [0.3, 0.4) is 0 Å². The molecule has 3 heterocycles. The van der Waals surface area contributed by atoms with Crippen LogP contribution in [-0.2, 0) is 17.6 Å². The second-order valence-corrected chi connectivity index (χ2v) is 9.01. The first-order chi connectivity index (χ1) is 16.0. The number of piperidine rings is 1. The highest BCUT2D eigenvalue weighted by atomic mass is 35.5. The predicted molar refractivity (Wildman–Crippen MR) is 131 cm³/mol. The van der Waals surface area contributed by atoms with E-state index in [1.54, 1.807) is 6.33 Å². The number of hydrogen-bond acceptors (Lipinski definition) is 5. The number of aromatic nitrogens is 4. The molecule has 0 aliphatic carbocycles. The van der Waals surface area contributed by atoms with Gasteiger partial charge in [0.2, 0.25) is 5.91 Å². The minimum Gasteiger partial charge on any atom is -0.356 e. The average Bonchev–Trinajstić information content (AvgIpc) is 3.13. The Morgan fingerprint density at radius 2 is 1.76 bits per heavy atom. The predicted octanol–water partition coefficient (Wildman–Crippen LogP) is 4.21. The quantitative estimate of drug-likeness (QED) is 0.538. The summed E-state index contributed by atoms with van der Waals surface area (Å²) in [6, 6.07) is 9.72. The van der Waals surface area contributed by atoms with Gasteiger partial charge in [0.1, 0.15) is 12.1 Å². The lowest BCUT2D eigenvalue weighted by molar-refractivity contribution is -0.121. The fourth-order valence-electron chi connectivity index (χ4n) is 4.33. The number of halogens is 1. The second-order valence-electron chi connectivity index (χ2n) is 8.57. The number of nitrogens with one attached hydrogen (secondary N) is 1. The van der Waals surface area contributed by atoms with E-state index in [1.807, 2.05) is 48.9 Å². The zero-order valence-corrected chi connectivity index (χ0v) is 20.1. The number of aryl methyl sites for hydroxylation is 1. The maximum Gasteiger partial charge on any atom is 0.220 e. The van der Waals surface area contributed by atoms with Crippen LogP contribution < -0.4 is 10.2 Å². The van der Waals surface area contributed by atoms with Gasteiger partial charge in [-0.25, -0.2) is 14.6 Å². The SMILES string of the molecule is Cc1nn(-c2cc(N3CCCCC3)ncn2)c(C)c1CCC(=O)NCCc1ccc(Cl)cc1. The summed E-state index contributed by atoms with van der Waals surface area (Å²) in [6.07, 6.45) is 7.15. The molecule has 1 N–H and O–H groups in total. The molecule has 1 fully saturated rings. The maximum atomic E-state index is 12.4. The van der Waals surface area contributed by atoms with Gasteiger partial charge in [0.05, 0.1) is 5.69 Å². The monoisotopic (exact) mass is 466 g/mol. The van der Waals surface area contributed by atoms with Crippen LogP contribution in [0.15, 0.2) is 36.7 Å². The first-order valence-electron chi connectivity index (χ1n) is 11.6. The number of amides is 1. The molecule has 1 aliphatic heterocycles. The lowest BCUT2D eigenvalue weighted by Crippen LogP contribution is -2.30. The molecule has 2 aromatic heterocycles. The van der Waals surface area contributed by atoms with Crippen molar-refractivity contribution in [2.75, 3.05) is 24.5 Å². The van der Waals surface area contributed by atoms with E-state index in [9.17, 15) is 4.79 Å². The lowest BCUT2D eigenvalue weighted by Gasteiger charge is -2.27. The Bertz CT molecular complexity index is 1090. The van der Waals surface area contributed by atoms with Crippen molar-refractivity contribution in [1.29, 1.82) is 0 Å². The second kappa shape index (κ2) is 10.8. The number of carbonyl (C=O) groups excluding carboxylic acids is 1. The average molecular weight is 467 g/mol. The van der Waals surface area contributed by atoms with Crippen molar-refractivity contribution in [1.82, 2.24) is 25.1 Å². The Hall–Kier alpha value is -2.93. The van der Waals surface area contributed by atoms with Crippen LogP contribution >= 0.6 is 11.6 Å². The lowest BCUT2D eigenvalue weighted by atomic mass is 10.1. The summed E-state index contributed by atoms with van der Waals surface area (Å²) < 4.78 is 1.87. The summed E-state index contributed by atoms with van der Waals surface area (Å²) in [5.74, 6) is 1.77. The molecule has 0 spiro atoms. The van der Waals surface area contributed by atoms with Gasteiger partial charge in [-0.1, -0.05) is 23.7 Å². The molecule has 1 saturated heterocycles. The number of nitrogens with zero attached hydrogens (tertiary/aromatic N) is 5. The molecular formula is C25H31ClN6O. The number of anilines is 1. The molecule has 0 atom stereocenters. The van der Waals surface area contributed by atoms with Crippen LogP contribution in [0.4, 0.5) is 5.82 Å². The van der Waals surface area contributed by atoms with Crippen molar-refractivity contribution < 1.29 is 4.79 Å². The smallest absolute Gasteiger partial charge is 0.220 e. The molecule has 1 aromatic carbocycles. The highest BCUT2D eigenvalue weighted by Gasteiger charge is 2.17. The molecule has 0 radical (unpaired) electrons. The Kier molecular flexibility index (Phi) is 7.60. The Morgan fingerprint density at radius 3 is 2.52 bits per heavy atom. The fraction of sp³-hybridized carbons (Fsp3) is 0.440. The van der Waals surface area contributed by atoms with E-state index in [0.29, 0.717) is 19.4 Å². The fourth-order valence-corrected chi connectivity index (χ4v) is 4.46. The summed E-state index contributed by atoms with van der Waals surface area (Å²) >= 11 is 5.92. The summed E-state index contributed by atoms with van der Waals surface area (Å²) in [6.45, 7) is 6.70. The highest BCUT2D eigenvalue weighted by molar-refractivity contribution is 6.30. The molecule has 4 rings (SSSR count). The van der Waals surface area contributed by atoms with Crippen LogP contribution in [0.2, 0.25) is 5.02 Å². The standard InChI is InChI=1S/C25H31ClN6O/c1-18-22(10-11-25(33)27-13-12-20-6-8-21(26)9-7-20)19(2)32(30-18)24-16-23(28-17-29-24)31-14-4-3-5-15-31/h6-9,16-17H,3-5,10-15H2,1-2H3,(H,27,33). The van der Waals surface area contributed by atoms with Crippen molar-refractivity contribution in [2.24, 2.45) is 0 Å². The topological polar surface area (TPSA) is 75.9 Å². The minimum atomic E-state index is 0.0462. The summed E-state index contributed by atoms with van der Waals surface area (Å²) in [5.41, 5.74) is 4.20. The Morgan fingerprint density at radius 1 is 1.03 bits per heavy atom. The Balaban J connectivity index is 1.35. The molecule has 33 heavy (non-hydrogen) atoms. The zero-order chi connectivity index (χ0) is 23.2. The summed E-state index contributed by atoms with van der Waals surface area (Å²) in [4.78, 5) is 23.7. The van der Waals surface area contributed by atoms with E-state index in [4.69, 9.17) is 16.7 Å². The van der Waals surface area contributed by atoms with E-state index in [1.165, 1.54) is 19.3 Å². The van der Waals surface area contributed by atoms with Gasteiger partial charge in [-0.2, -0.15) is 5.10 Å². The highest BCUT2D eigenvalue weighted by Crippen LogP contribution is 2.22. The van der Waals surface area contributed by atoms with Crippen molar-refractivity contribution in [3.8, 4) is 5.82 Å². The minimum absolute atomic E-state index is 0.0462. The van der Waals surface area contributed by atoms with Gasteiger partial charge in [-0.3, -0.25) is 4.79 Å². The van der Waals surface area contributed by atoms with Gasteiger partial charge in [0.15, 0.2) is 5.82 Å². The maximum absolute atomic E-state index is 12.4. The number of rotatable bonds is 8. The normalized spacial score (nSPS) is 13.8. The van der Waals surface area contributed by atoms with Gasteiger partial charge in [-0.05, 0) is 69.2 Å². The molecule has 0 unspecified atom stereocenters. The molecule has 7 nitrogen and oxygen atoms in total. The molecule has 0 saturated carbocycles. The van der Waals surface area contributed by atoms with Gasteiger partial charge in [0.25, 0.3) is 0 Å². The van der Waals surface area contributed by atoms with Gasteiger partial charge in [0, 0.05) is 42.8 Å². The largest absolute Gasteiger partial charge is 0.356 e. The van der Waals surface area contributed by atoms with Gasteiger partial charge < -0.3 is 10.2 Å². The third-order valence-corrected chi connectivity index (χ3v) is 6.48. The number of carbonyl (C=O) groups is 1. The molecule has 0 bridgehead atoms. The van der Waals surface area contributed by atoms with E-state index < -0.39 is 0 Å². The first-order valence-corrected chi connectivity index (χ1v) is 12.0. The number of benzene rings is 1. The van der Waals surface area contributed by atoms with Crippen LogP contribution in [0.5, 0.6) is 0 Å². The molecule has 1 aliphatic rings. The van der Waals surface area contributed by atoms with Crippen LogP contribution in [0, 0.1) is 13.8 Å². The van der Waals surface area contributed by atoms with Crippen molar-refractivity contribution in [3.05, 3.63) is 64.2 Å². The molecular weight excluding hydrogens is 436 g/mol. The van der Waals surface area contributed by atoms with Gasteiger partial charge >= 0.3 is 0 Å². The molecule has 8 heteroatoms. The van der Waals surface area contributed by atoms with E-state index in [0.717, 1.165) is 58.7 Å². The van der Waals surface area contributed by atoms with Crippen LogP contribution in [0.1, 0.15) is 48.2 Å². The van der Waals surface area contributed by atoms with Gasteiger partial charge in [-0.15, -0.1) is 0 Å². The van der Waals surface area contributed by atoms with Crippen molar-refractivity contribution >= 4 is 23.3 Å². The molecule has 1 amide bonds. The third-order valence-electron chi connectivity index (χ3n) is 6.23. The van der Waals surface area contributed by atoms with Crippen molar-refractivity contribution in [3.63, 3.8) is 0 Å². The number of hydrogen-bond donors (Lipinski definition) is 1. The molecule has 3 aromatic rings. The van der Waals surface area contributed by atoms with E-state index in [-0.39, 0.29) is 5.91 Å². The summed E-state index contributed by atoms with van der Waals surface area (Å²) in [7, 11) is 0. The van der Waals surface area contributed by atoms with E-state index in [2.05, 4.69) is 20.2 Å². The first kappa shape index (κ1) is 23.2. The van der Waals surface area contributed by atoms with Crippen LogP contribution in [0.25, 0.3) is 5.82 Å². The Labute approximate surface area is 200 Å². The zero-order valence-electron chi connectivity index (χ0n) is 19.4. The van der Waals surface area contributed by atoms with Crippen LogP contribution in [-0.4, -0.2) is 45.3 Å². The third kappa shape index (κ3) is 5.90. The van der Waals surface area contributed by atoms with E-state index >= 15 is 0 Å². The summed E-state index contributed by atoms with van der Waals surface area (Å²) in [5, 5.41) is 8.45.